The first-order valence-electron chi connectivity index (χ1n) is 11.8. The van der Waals surface area contributed by atoms with Gasteiger partial charge < -0.3 is 25.8 Å². The van der Waals surface area contributed by atoms with E-state index < -0.39 is 50.0 Å². The lowest BCUT2D eigenvalue weighted by Gasteiger charge is -2.23. The second-order valence-electron chi connectivity index (χ2n) is 9.21. The Kier molecular flexibility index (Phi) is 10.6. The summed E-state index contributed by atoms with van der Waals surface area (Å²) in [5.74, 6) is 0.139. The number of rotatable bonds is 13. The van der Waals surface area contributed by atoms with E-state index in [9.17, 15) is 29.5 Å². The molecule has 0 spiro atoms. The van der Waals surface area contributed by atoms with E-state index in [-0.39, 0.29) is 36.4 Å². The van der Waals surface area contributed by atoms with Crippen molar-refractivity contribution in [1.29, 1.82) is 0 Å². The van der Waals surface area contributed by atoms with E-state index in [0.29, 0.717) is 0 Å². The first-order chi connectivity index (χ1) is 18.0. The molecular formula is C23H33N4O9PS. The Labute approximate surface area is 223 Å². The van der Waals surface area contributed by atoms with Gasteiger partial charge in [0, 0.05) is 18.5 Å². The molecule has 6 N–H and O–H groups in total. The monoisotopic (exact) mass is 572 g/mol. The molecule has 13 nitrogen and oxygen atoms in total. The minimum Gasteiger partial charge on any atom is -0.395 e. The molecule has 210 valence electrons. The number of nitrogens with zero attached hydrogens (tertiary/aromatic N) is 2. The molecule has 0 bridgehead atoms. The van der Waals surface area contributed by atoms with Crippen LogP contribution < -0.4 is 16.5 Å². The number of carbonyl (C=O) groups is 1. The number of anilines is 1. The van der Waals surface area contributed by atoms with Gasteiger partial charge in [-0.1, -0.05) is 42.1 Å². The molecule has 2 aromatic rings. The molecule has 2 heterocycles. The largest absolute Gasteiger partial charge is 0.405 e. The van der Waals surface area contributed by atoms with Crippen LogP contribution in [0, 0.1) is 5.41 Å². The molecular weight excluding hydrogens is 539 g/mol. The van der Waals surface area contributed by atoms with E-state index in [2.05, 4.69) is 10.1 Å². The molecule has 0 radical (unpaired) electrons. The number of carbonyl (C=O) groups excluding carboxylic acids is 1. The van der Waals surface area contributed by atoms with Crippen LogP contribution >= 0.6 is 19.5 Å². The van der Waals surface area contributed by atoms with E-state index in [1.165, 1.54) is 12.3 Å². The van der Waals surface area contributed by atoms with Gasteiger partial charge in [0.25, 0.3) is 0 Å². The number of nitrogen functional groups attached to an aromatic ring is 1. The van der Waals surface area contributed by atoms with Crippen molar-refractivity contribution in [2.75, 3.05) is 31.3 Å². The molecule has 2 unspecified atom stereocenters. The number of aliphatic hydroxyl groups excluding tert-OH is 3. The maximum atomic E-state index is 13.5. The van der Waals surface area contributed by atoms with Gasteiger partial charge in [-0.05, 0) is 25.5 Å². The van der Waals surface area contributed by atoms with Gasteiger partial charge in [-0.2, -0.15) is 4.98 Å². The quantitative estimate of drug-likeness (QED) is 0.166. The van der Waals surface area contributed by atoms with Crippen LogP contribution in [-0.4, -0.2) is 73.9 Å². The number of hydrogen-bond donors (Lipinski definition) is 5. The van der Waals surface area contributed by atoms with Crippen molar-refractivity contribution in [3.8, 4) is 0 Å². The molecule has 0 aliphatic carbocycles. The van der Waals surface area contributed by atoms with E-state index >= 15 is 0 Å². The topological polar surface area (TPSA) is 195 Å². The zero-order valence-electron chi connectivity index (χ0n) is 21.0. The summed E-state index contributed by atoms with van der Waals surface area (Å²) in [6, 6.07) is 10.4. The van der Waals surface area contributed by atoms with Gasteiger partial charge in [0.15, 0.2) is 11.3 Å². The zero-order valence-corrected chi connectivity index (χ0v) is 22.7. The van der Waals surface area contributed by atoms with Crippen molar-refractivity contribution in [1.82, 2.24) is 14.6 Å². The molecule has 1 saturated heterocycles. The van der Waals surface area contributed by atoms with Crippen LogP contribution in [0.15, 0.2) is 47.4 Å². The number of thioether (sulfide) groups is 1. The lowest BCUT2D eigenvalue weighted by molar-refractivity contribution is -0.119. The van der Waals surface area contributed by atoms with Crippen molar-refractivity contribution >= 4 is 30.4 Å². The average Bonchev–Trinajstić information content (AvgIpc) is 3.18. The third-order valence-electron chi connectivity index (χ3n) is 5.72. The summed E-state index contributed by atoms with van der Waals surface area (Å²) in [6.45, 7) is 2.48. The lowest BCUT2D eigenvalue weighted by Crippen LogP contribution is -2.36. The molecule has 38 heavy (non-hydrogen) atoms. The van der Waals surface area contributed by atoms with Gasteiger partial charge in [-0.15, -0.1) is 0 Å². The molecule has 0 saturated carbocycles. The molecule has 1 aliphatic rings. The van der Waals surface area contributed by atoms with Crippen LogP contribution in [0.1, 0.15) is 25.6 Å². The molecule has 1 aliphatic heterocycles. The second kappa shape index (κ2) is 13.3. The Balaban J connectivity index is 1.64. The van der Waals surface area contributed by atoms with E-state index in [4.69, 9.17) is 19.5 Å². The van der Waals surface area contributed by atoms with Crippen LogP contribution in [0.3, 0.4) is 0 Å². The van der Waals surface area contributed by atoms with Gasteiger partial charge in [0.05, 0.1) is 25.2 Å². The highest BCUT2D eigenvalue weighted by Crippen LogP contribution is 2.45. The minimum absolute atomic E-state index is 0.0125. The maximum absolute atomic E-state index is 13.5. The smallest absolute Gasteiger partial charge is 0.395 e. The number of ether oxygens (including phenoxy) is 1. The highest BCUT2D eigenvalue weighted by molar-refractivity contribution is 8.13. The van der Waals surface area contributed by atoms with Gasteiger partial charge in [0.1, 0.15) is 24.1 Å². The molecule has 0 amide bonds. The van der Waals surface area contributed by atoms with Gasteiger partial charge in [-0.3, -0.25) is 18.4 Å². The molecule has 5 atom stereocenters. The Morgan fingerprint density at radius 3 is 2.61 bits per heavy atom. The van der Waals surface area contributed by atoms with Crippen LogP contribution in [0.4, 0.5) is 5.82 Å². The fraction of sp³-hybridized carbons (Fsp3) is 0.522. The normalized spacial score (nSPS) is 23.3. The third-order valence-corrected chi connectivity index (χ3v) is 8.46. The van der Waals surface area contributed by atoms with Crippen LogP contribution in [-0.2, 0) is 29.7 Å². The van der Waals surface area contributed by atoms with Crippen molar-refractivity contribution in [3.05, 3.63) is 58.6 Å². The fourth-order valence-electron chi connectivity index (χ4n) is 3.35. The van der Waals surface area contributed by atoms with Gasteiger partial charge in [-0.25, -0.2) is 14.4 Å². The first-order valence-corrected chi connectivity index (χ1v) is 14.3. The van der Waals surface area contributed by atoms with Crippen LogP contribution in [0.5, 0.6) is 0 Å². The van der Waals surface area contributed by atoms with Crippen LogP contribution in [0.25, 0.3) is 0 Å². The molecule has 1 aromatic carbocycles. The summed E-state index contributed by atoms with van der Waals surface area (Å²) < 4.78 is 31.2. The maximum Gasteiger partial charge on any atom is 0.405 e. The average molecular weight is 573 g/mol. The first kappa shape index (κ1) is 30.4. The minimum atomic E-state index is -3.99. The molecule has 3 rings (SSSR count). The number of benzene rings is 1. The SMILES string of the molecule is CC(C)(CO)C(=O)SCCOP(=O)(NCc1ccccc1)OC[C@H]1O[C@@H](n2ccc(N)nc2=O)C(O)[C@H]1O. The number of nitrogens with two attached hydrogens (primary N) is 1. The van der Waals surface area contributed by atoms with Crippen LogP contribution in [0.2, 0.25) is 0 Å². The summed E-state index contributed by atoms with van der Waals surface area (Å²) in [5, 5.41) is 32.8. The predicted octanol–water partition coefficient (Wildman–Crippen LogP) is 0.654. The standard InChI is InChI=1S/C23H33N4O9PS/c1-23(2,14-28)21(31)38-11-10-34-37(33,25-12-15-6-4-3-5-7-15)35-13-16-18(29)19(30)20(36-16)27-9-8-17(24)26-22(27)32/h3-9,16,18-20,28-30H,10-14H2,1-2H3,(H,25,33)(H2,24,26,32)/t16-,18+,19?,20-,37?/m1/s1. The Morgan fingerprint density at radius 2 is 1.95 bits per heavy atom. The van der Waals surface area contributed by atoms with E-state index in [0.717, 1.165) is 21.9 Å². The van der Waals surface area contributed by atoms with Gasteiger partial charge >= 0.3 is 13.4 Å². The number of nitrogens with one attached hydrogen (secondary N) is 1. The Bertz CT molecular complexity index is 1180. The Morgan fingerprint density at radius 1 is 1.24 bits per heavy atom. The second-order valence-corrected chi connectivity index (χ2v) is 12.1. The van der Waals surface area contributed by atoms with E-state index in [1.54, 1.807) is 13.8 Å². The third kappa shape index (κ3) is 7.94. The summed E-state index contributed by atoms with van der Waals surface area (Å²) >= 11 is 0.934. The molecule has 15 heteroatoms. The highest BCUT2D eigenvalue weighted by Gasteiger charge is 2.45. The highest BCUT2D eigenvalue weighted by atomic mass is 32.2. The zero-order chi connectivity index (χ0) is 27.9. The van der Waals surface area contributed by atoms with Crippen molar-refractivity contribution in [2.24, 2.45) is 5.41 Å². The van der Waals surface area contributed by atoms with Crippen molar-refractivity contribution < 1.29 is 38.5 Å². The summed E-state index contributed by atoms with van der Waals surface area (Å²) in [6.07, 6.45) is -4.12. The lowest BCUT2D eigenvalue weighted by atomic mass is 9.97. The predicted molar refractivity (Wildman–Crippen MR) is 140 cm³/mol. The fourth-order valence-corrected chi connectivity index (χ4v) is 5.59. The van der Waals surface area contributed by atoms with Gasteiger partial charge in [0.2, 0.25) is 0 Å². The summed E-state index contributed by atoms with van der Waals surface area (Å²) in [5.41, 5.74) is 4.59. The van der Waals surface area contributed by atoms with Crippen molar-refractivity contribution in [3.63, 3.8) is 0 Å². The summed E-state index contributed by atoms with van der Waals surface area (Å²) in [7, 11) is -3.99. The number of aliphatic hydroxyl groups is 3. The Hall–Kier alpha value is -2.13. The van der Waals surface area contributed by atoms with Crippen molar-refractivity contribution in [2.45, 2.75) is 44.9 Å². The summed E-state index contributed by atoms with van der Waals surface area (Å²) in [4.78, 5) is 28.0. The van der Waals surface area contributed by atoms with E-state index in [1.807, 2.05) is 30.3 Å². The molecule has 1 aromatic heterocycles. The number of hydrogen-bond acceptors (Lipinski definition) is 12. The molecule has 1 fully saturated rings. The number of aromatic nitrogens is 2.